The zero-order valence-electron chi connectivity index (χ0n) is 12.4. The van der Waals surface area contributed by atoms with Crippen LogP contribution in [0.1, 0.15) is 52.0 Å². The predicted octanol–water partition coefficient (Wildman–Crippen LogP) is 2.79. The molecule has 0 radical (unpaired) electrons. The molecule has 18 heavy (non-hydrogen) atoms. The van der Waals surface area contributed by atoms with Crippen LogP contribution in [0.3, 0.4) is 0 Å². The minimum atomic E-state index is 0.470. The zero-order valence-corrected chi connectivity index (χ0v) is 12.4. The Bertz CT molecular complexity index is 332. The molecular formula is C14H27N3O. The van der Waals surface area contributed by atoms with Crippen molar-refractivity contribution in [2.75, 3.05) is 7.05 Å². The Morgan fingerprint density at radius 2 is 2.00 bits per heavy atom. The molecule has 104 valence electrons. The van der Waals surface area contributed by atoms with Crippen molar-refractivity contribution in [1.82, 2.24) is 15.4 Å². The molecule has 0 bridgehead atoms. The lowest BCUT2D eigenvalue weighted by Crippen LogP contribution is -2.29. The molecule has 0 aromatic carbocycles. The van der Waals surface area contributed by atoms with Crippen LogP contribution < -0.4 is 5.32 Å². The molecule has 0 saturated heterocycles. The van der Waals surface area contributed by atoms with Gasteiger partial charge in [0.1, 0.15) is 0 Å². The van der Waals surface area contributed by atoms with Crippen LogP contribution in [-0.2, 0) is 13.1 Å². The fourth-order valence-electron chi connectivity index (χ4n) is 2.11. The molecule has 0 aliphatic carbocycles. The van der Waals surface area contributed by atoms with E-state index < -0.39 is 0 Å². The Kier molecular flexibility index (Phi) is 6.36. The van der Waals surface area contributed by atoms with Gasteiger partial charge in [0.15, 0.2) is 5.76 Å². The van der Waals surface area contributed by atoms with Crippen molar-refractivity contribution in [3.63, 3.8) is 0 Å². The second kappa shape index (κ2) is 7.54. The topological polar surface area (TPSA) is 41.3 Å². The molecule has 0 unspecified atom stereocenters. The van der Waals surface area contributed by atoms with Gasteiger partial charge >= 0.3 is 0 Å². The smallest absolute Gasteiger partial charge is 0.151 e. The molecule has 1 aromatic rings. The Hall–Kier alpha value is -0.870. The van der Waals surface area contributed by atoms with E-state index in [2.05, 4.69) is 50.1 Å². The first kappa shape index (κ1) is 15.2. The lowest BCUT2D eigenvalue weighted by atomic mass is 10.1. The fourth-order valence-corrected chi connectivity index (χ4v) is 2.11. The fraction of sp³-hybridized carbons (Fsp3) is 0.786. The van der Waals surface area contributed by atoms with Crippen LogP contribution in [0.25, 0.3) is 0 Å². The summed E-state index contributed by atoms with van der Waals surface area (Å²) < 4.78 is 5.38. The van der Waals surface area contributed by atoms with Gasteiger partial charge in [0.05, 0.1) is 12.2 Å². The summed E-state index contributed by atoms with van der Waals surface area (Å²) in [6.45, 7) is 10.3. The quantitative estimate of drug-likeness (QED) is 0.773. The van der Waals surface area contributed by atoms with Crippen molar-refractivity contribution in [2.24, 2.45) is 0 Å². The summed E-state index contributed by atoms with van der Waals surface area (Å²) in [5, 5.41) is 7.43. The largest absolute Gasteiger partial charge is 0.360 e. The Morgan fingerprint density at radius 1 is 1.33 bits per heavy atom. The first-order valence-electron chi connectivity index (χ1n) is 6.94. The van der Waals surface area contributed by atoms with Gasteiger partial charge in [-0.25, -0.2) is 0 Å². The van der Waals surface area contributed by atoms with Crippen LogP contribution in [0.2, 0.25) is 0 Å². The van der Waals surface area contributed by atoms with E-state index in [1.807, 2.05) is 6.07 Å². The number of nitrogens with zero attached hydrogens (tertiary/aromatic N) is 2. The third kappa shape index (κ3) is 4.78. The van der Waals surface area contributed by atoms with Crippen molar-refractivity contribution < 1.29 is 4.52 Å². The summed E-state index contributed by atoms with van der Waals surface area (Å²) >= 11 is 0. The van der Waals surface area contributed by atoms with E-state index in [1.54, 1.807) is 0 Å². The van der Waals surface area contributed by atoms with Crippen molar-refractivity contribution in [2.45, 2.75) is 65.7 Å². The van der Waals surface area contributed by atoms with E-state index in [-0.39, 0.29) is 0 Å². The van der Waals surface area contributed by atoms with Crippen LogP contribution in [0.4, 0.5) is 0 Å². The molecule has 0 saturated carbocycles. The minimum absolute atomic E-state index is 0.470. The SMILES string of the molecule is CCC(CC)N(C)Cc1cc(CNC(C)C)no1. The van der Waals surface area contributed by atoms with E-state index in [9.17, 15) is 0 Å². The molecule has 0 amide bonds. The lowest BCUT2D eigenvalue weighted by Gasteiger charge is -2.24. The summed E-state index contributed by atoms with van der Waals surface area (Å²) in [5.74, 6) is 0.949. The van der Waals surface area contributed by atoms with Gasteiger partial charge in [-0.3, -0.25) is 4.90 Å². The molecule has 1 N–H and O–H groups in total. The van der Waals surface area contributed by atoms with E-state index in [0.717, 1.165) is 24.5 Å². The van der Waals surface area contributed by atoms with Crippen LogP contribution >= 0.6 is 0 Å². The maximum Gasteiger partial charge on any atom is 0.151 e. The molecule has 0 atom stereocenters. The highest BCUT2D eigenvalue weighted by molar-refractivity contribution is 5.05. The van der Waals surface area contributed by atoms with Crippen LogP contribution in [0.5, 0.6) is 0 Å². The van der Waals surface area contributed by atoms with Gasteiger partial charge in [-0.1, -0.05) is 32.9 Å². The minimum Gasteiger partial charge on any atom is -0.360 e. The summed E-state index contributed by atoms with van der Waals surface area (Å²) in [6, 6.07) is 3.14. The first-order chi connectivity index (χ1) is 8.56. The van der Waals surface area contributed by atoms with E-state index in [1.165, 1.54) is 12.8 Å². The van der Waals surface area contributed by atoms with Gasteiger partial charge in [0.2, 0.25) is 0 Å². The van der Waals surface area contributed by atoms with Crippen molar-refractivity contribution in [3.05, 3.63) is 17.5 Å². The van der Waals surface area contributed by atoms with Gasteiger partial charge in [-0.05, 0) is 19.9 Å². The van der Waals surface area contributed by atoms with Crippen molar-refractivity contribution in [1.29, 1.82) is 0 Å². The molecule has 1 aromatic heterocycles. The first-order valence-corrected chi connectivity index (χ1v) is 6.94. The maximum absolute atomic E-state index is 5.38. The Labute approximate surface area is 111 Å². The molecule has 0 fully saturated rings. The average molecular weight is 253 g/mol. The second-order valence-corrected chi connectivity index (χ2v) is 5.21. The van der Waals surface area contributed by atoms with E-state index >= 15 is 0 Å². The normalized spacial score (nSPS) is 12.0. The third-order valence-electron chi connectivity index (χ3n) is 3.27. The van der Waals surface area contributed by atoms with Crippen LogP contribution in [-0.4, -0.2) is 29.2 Å². The highest BCUT2D eigenvalue weighted by Crippen LogP contribution is 2.12. The molecule has 0 aliphatic heterocycles. The van der Waals surface area contributed by atoms with Gasteiger partial charge in [-0.15, -0.1) is 0 Å². The van der Waals surface area contributed by atoms with Crippen LogP contribution in [0.15, 0.2) is 10.6 Å². The van der Waals surface area contributed by atoms with Gasteiger partial charge < -0.3 is 9.84 Å². The zero-order chi connectivity index (χ0) is 13.5. The molecule has 1 heterocycles. The van der Waals surface area contributed by atoms with Crippen molar-refractivity contribution >= 4 is 0 Å². The molecule has 1 rings (SSSR count). The molecule has 4 heteroatoms. The highest BCUT2D eigenvalue weighted by atomic mass is 16.5. The van der Waals surface area contributed by atoms with Crippen molar-refractivity contribution in [3.8, 4) is 0 Å². The summed E-state index contributed by atoms with van der Waals surface area (Å²) in [6.07, 6.45) is 2.34. The lowest BCUT2D eigenvalue weighted by molar-refractivity contribution is 0.197. The monoisotopic (exact) mass is 253 g/mol. The van der Waals surface area contributed by atoms with Gasteiger partial charge in [0, 0.05) is 24.7 Å². The maximum atomic E-state index is 5.38. The van der Waals surface area contributed by atoms with Crippen LogP contribution in [0, 0.1) is 0 Å². The number of hydrogen-bond donors (Lipinski definition) is 1. The summed E-state index contributed by atoms with van der Waals surface area (Å²) in [4.78, 5) is 2.33. The number of nitrogens with one attached hydrogen (secondary N) is 1. The molecule has 0 aliphatic rings. The predicted molar refractivity (Wildman–Crippen MR) is 74.3 cm³/mol. The van der Waals surface area contributed by atoms with Gasteiger partial charge in [-0.2, -0.15) is 0 Å². The molecule has 4 nitrogen and oxygen atoms in total. The van der Waals surface area contributed by atoms with E-state index in [0.29, 0.717) is 12.1 Å². The Balaban J connectivity index is 2.47. The number of rotatable bonds is 8. The Morgan fingerprint density at radius 3 is 2.56 bits per heavy atom. The third-order valence-corrected chi connectivity index (χ3v) is 3.27. The average Bonchev–Trinajstić information content (AvgIpc) is 2.75. The number of hydrogen-bond acceptors (Lipinski definition) is 4. The van der Waals surface area contributed by atoms with Gasteiger partial charge in [0.25, 0.3) is 0 Å². The summed E-state index contributed by atoms with van der Waals surface area (Å²) in [5.41, 5.74) is 0.983. The molecular weight excluding hydrogens is 226 g/mol. The summed E-state index contributed by atoms with van der Waals surface area (Å²) in [7, 11) is 2.15. The standard InChI is InChI=1S/C14H27N3O/c1-6-13(7-2)17(5)10-14-8-12(16-18-14)9-15-11(3)4/h8,11,13,15H,6-7,9-10H2,1-5H3. The number of aromatic nitrogens is 1. The highest BCUT2D eigenvalue weighted by Gasteiger charge is 2.13. The van der Waals surface area contributed by atoms with E-state index in [4.69, 9.17) is 4.52 Å². The molecule has 0 spiro atoms. The second-order valence-electron chi connectivity index (χ2n) is 5.21.